The van der Waals surface area contributed by atoms with E-state index < -0.39 is 6.04 Å². The van der Waals surface area contributed by atoms with Crippen molar-refractivity contribution in [3.63, 3.8) is 0 Å². The highest BCUT2D eigenvalue weighted by molar-refractivity contribution is 6.12. The Morgan fingerprint density at radius 2 is 1.23 bits per heavy atom. The van der Waals surface area contributed by atoms with Gasteiger partial charge in [-0.2, -0.15) is 0 Å². The van der Waals surface area contributed by atoms with E-state index in [2.05, 4.69) is 24.3 Å². The third-order valence-electron chi connectivity index (χ3n) is 7.64. The van der Waals surface area contributed by atoms with E-state index in [1.165, 1.54) is 0 Å². The van der Waals surface area contributed by atoms with Crippen molar-refractivity contribution in [2.45, 2.75) is 6.42 Å². The summed E-state index contributed by atoms with van der Waals surface area (Å²) in [5, 5.41) is 1.47. The Morgan fingerprint density at radius 1 is 0.523 bits per heavy atom. The molecule has 2 heterocycles. The van der Waals surface area contributed by atoms with Gasteiger partial charge in [-0.3, -0.25) is 0 Å². The molecule has 0 aliphatic heterocycles. The molecule has 0 spiro atoms. The van der Waals surface area contributed by atoms with Gasteiger partial charge < -0.3 is 4.42 Å². The second-order valence-corrected chi connectivity index (χ2v) is 10.5. The van der Waals surface area contributed by atoms with Crippen molar-refractivity contribution in [2.24, 2.45) is 0 Å². The third kappa shape index (κ3) is 4.93. The van der Waals surface area contributed by atoms with Crippen LogP contribution in [0.1, 0.15) is 18.2 Å². The summed E-state index contributed by atoms with van der Waals surface area (Å²) in [6, 6.07) is 37.7. The lowest BCUT2D eigenvalue weighted by Gasteiger charge is -2.10. The van der Waals surface area contributed by atoms with Crippen LogP contribution in [0.4, 0.5) is 0 Å². The monoisotopic (exact) mass is 570 g/mol. The number of hydrogen-bond donors (Lipinski definition) is 0. The number of aromatic nitrogens is 3. The SMILES string of the molecule is [2H]c1c([2H])c([2H])c(-c2ccc3oc4cccc(-c5nc(Cc6ccccc6)nc(-c6cccc(-c7ccccc7)c6)n5)c4c3c2)c([2H])c1[2H]. The Bertz CT molecular complexity index is 2510. The Balaban J connectivity index is 1.33. The van der Waals surface area contributed by atoms with Gasteiger partial charge in [0.25, 0.3) is 0 Å². The average molecular weight is 571 g/mol. The van der Waals surface area contributed by atoms with Crippen molar-refractivity contribution in [2.75, 3.05) is 0 Å². The topological polar surface area (TPSA) is 51.8 Å². The predicted molar refractivity (Wildman–Crippen MR) is 178 cm³/mol. The second kappa shape index (κ2) is 11.1. The lowest BCUT2D eigenvalue weighted by molar-refractivity contribution is 0.669. The van der Waals surface area contributed by atoms with Gasteiger partial charge in [0.2, 0.25) is 0 Å². The first kappa shape index (κ1) is 20.9. The van der Waals surface area contributed by atoms with Gasteiger partial charge in [-0.1, -0.05) is 127 Å². The van der Waals surface area contributed by atoms with Crippen LogP contribution in [0.3, 0.4) is 0 Å². The molecule has 0 unspecified atom stereocenters. The Labute approximate surface area is 262 Å². The molecule has 0 N–H and O–H groups in total. The first-order valence-corrected chi connectivity index (χ1v) is 14.3. The first-order valence-electron chi connectivity index (χ1n) is 16.8. The van der Waals surface area contributed by atoms with Gasteiger partial charge >= 0.3 is 0 Å². The zero-order chi connectivity index (χ0) is 33.6. The third-order valence-corrected chi connectivity index (χ3v) is 7.64. The number of nitrogens with zero attached hydrogens (tertiary/aromatic N) is 3. The number of hydrogen-bond acceptors (Lipinski definition) is 4. The van der Waals surface area contributed by atoms with Gasteiger partial charge in [0.05, 0.1) is 6.85 Å². The summed E-state index contributed by atoms with van der Waals surface area (Å²) in [5.41, 5.74) is 6.61. The molecule has 0 bridgehead atoms. The number of fused-ring (bicyclic) bond motifs is 3. The van der Waals surface area contributed by atoms with E-state index >= 15 is 0 Å². The van der Waals surface area contributed by atoms with Crippen molar-refractivity contribution in [1.29, 1.82) is 0 Å². The van der Waals surface area contributed by atoms with Crippen LogP contribution in [-0.4, -0.2) is 15.0 Å². The molecule has 0 saturated carbocycles. The van der Waals surface area contributed by atoms with Crippen LogP contribution in [0.25, 0.3) is 67.0 Å². The summed E-state index contributed by atoms with van der Waals surface area (Å²) >= 11 is 0. The molecule has 208 valence electrons. The highest BCUT2D eigenvalue weighted by Gasteiger charge is 2.18. The quantitative estimate of drug-likeness (QED) is 0.200. The minimum atomic E-state index is -0.429. The molecule has 4 heteroatoms. The van der Waals surface area contributed by atoms with E-state index in [9.17, 15) is 0 Å². The van der Waals surface area contributed by atoms with Crippen LogP contribution in [0.5, 0.6) is 0 Å². The largest absolute Gasteiger partial charge is 0.456 e. The van der Waals surface area contributed by atoms with E-state index in [1.54, 1.807) is 12.1 Å². The predicted octanol–water partition coefficient (Wildman–Crippen LogP) is 10.0. The molecule has 8 rings (SSSR count). The normalized spacial score (nSPS) is 12.9. The molecule has 2 aromatic heterocycles. The minimum absolute atomic E-state index is 0.130. The van der Waals surface area contributed by atoms with E-state index in [4.69, 9.17) is 26.2 Å². The van der Waals surface area contributed by atoms with Crippen LogP contribution in [-0.2, 0) is 6.42 Å². The summed E-state index contributed by atoms with van der Waals surface area (Å²) in [6.07, 6.45) is 0.503. The Morgan fingerprint density at radius 3 is 2.07 bits per heavy atom. The molecule has 44 heavy (non-hydrogen) atoms. The molecule has 0 amide bonds. The van der Waals surface area contributed by atoms with E-state index in [-0.39, 0.29) is 29.7 Å². The standard InChI is InChI=1S/C40H27N3O/c1-4-12-27(13-5-1)24-37-41-39(32-19-10-18-30(25-32)28-14-6-2-7-15-28)43-40(42-37)33-20-11-21-36-38(33)34-26-31(22-23-35(34)44-36)29-16-8-3-9-17-29/h1-23,25-26H,24H2/i3D,8D,9D,16D,17D. The maximum Gasteiger partial charge on any atom is 0.164 e. The molecular formula is C40H27N3O. The van der Waals surface area contributed by atoms with E-state index in [0.29, 0.717) is 46.0 Å². The summed E-state index contributed by atoms with van der Waals surface area (Å²) < 4.78 is 47.8. The fraction of sp³-hybridized carbons (Fsp3) is 0.0250. The van der Waals surface area contributed by atoms with Gasteiger partial charge in [0.1, 0.15) is 17.0 Å². The molecule has 0 aliphatic rings. The maximum atomic E-state index is 8.55. The maximum absolute atomic E-state index is 8.55. The van der Waals surface area contributed by atoms with Crippen molar-refractivity contribution in [3.8, 4) is 45.0 Å². The number of rotatable bonds is 6. The minimum Gasteiger partial charge on any atom is -0.456 e. The van der Waals surface area contributed by atoms with Crippen molar-refractivity contribution in [1.82, 2.24) is 15.0 Å². The van der Waals surface area contributed by atoms with Gasteiger partial charge in [0.15, 0.2) is 11.6 Å². The molecule has 8 aromatic rings. The lowest BCUT2D eigenvalue weighted by Crippen LogP contribution is -2.04. The summed E-state index contributed by atoms with van der Waals surface area (Å²) in [6.45, 7) is 0. The summed E-state index contributed by atoms with van der Waals surface area (Å²) in [4.78, 5) is 15.0. The van der Waals surface area contributed by atoms with E-state index in [0.717, 1.165) is 33.2 Å². The van der Waals surface area contributed by atoms with Crippen LogP contribution in [0.15, 0.2) is 156 Å². The van der Waals surface area contributed by atoms with Crippen molar-refractivity contribution < 1.29 is 11.3 Å². The number of furan rings is 1. The Kier molecular flexibility index (Phi) is 5.27. The fourth-order valence-corrected chi connectivity index (χ4v) is 5.56. The van der Waals surface area contributed by atoms with Gasteiger partial charge in [-0.05, 0) is 52.1 Å². The molecule has 0 saturated heterocycles. The molecule has 0 aliphatic carbocycles. The smallest absolute Gasteiger partial charge is 0.164 e. The van der Waals surface area contributed by atoms with Crippen molar-refractivity contribution >= 4 is 21.9 Å². The number of benzene rings is 6. The van der Waals surface area contributed by atoms with E-state index in [1.807, 2.05) is 84.9 Å². The zero-order valence-corrected chi connectivity index (χ0v) is 23.5. The molecule has 4 nitrogen and oxygen atoms in total. The molecule has 0 radical (unpaired) electrons. The van der Waals surface area contributed by atoms with Gasteiger partial charge in [-0.15, -0.1) is 0 Å². The van der Waals surface area contributed by atoms with Gasteiger partial charge in [-0.25, -0.2) is 15.0 Å². The fourth-order valence-electron chi connectivity index (χ4n) is 5.56. The van der Waals surface area contributed by atoms with Crippen LogP contribution in [0.2, 0.25) is 0 Å². The molecular weight excluding hydrogens is 538 g/mol. The molecule has 0 atom stereocenters. The zero-order valence-electron chi connectivity index (χ0n) is 28.5. The molecule has 0 fully saturated rings. The molecule has 6 aromatic carbocycles. The summed E-state index contributed by atoms with van der Waals surface area (Å²) in [7, 11) is 0. The summed E-state index contributed by atoms with van der Waals surface area (Å²) in [5.74, 6) is 1.63. The van der Waals surface area contributed by atoms with Crippen LogP contribution < -0.4 is 0 Å². The van der Waals surface area contributed by atoms with Crippen LogP contribution >= 0.6 is 0 Å². The second-order valence-electron chi connectivity index (χ2n) is 10.5. The van der Waals surface area contributed by atoms with Gasteiger partial charge in [0, 0.05) is 28.3 Å². The average Bonchev–Trinajstić information content (AvgIpc) is 3.52. The highest BCUT2D eigenvalue weighted by atomic mass is 16.3. The lowest BCUT2D eigenvalue weighted by atomic mass is 10.0. The van der Waals surface area contributed by atoms with Crippen molar-refractivity contribution in [3.05, 3.63) is 163 Å². The highest BCUT2D eigenvalue weighted by Crippen LogP contribution is 2.38. The van der Waals surface area contributed by atoms with Crippen LogP contribution in [0, 0.1) is 0 Å². The first-order chi connectivity index (χ1) is 23.9. The Hall–Kier alpha value is -5.87.